The van der Waals surface area contributed by atoms with E-state index < -0.39 is 42.3 Å². The van der Waals surface area contributed by atoms with Crippen molar-refractivity contribution in [3.8, 4) is 0 Å². The van der Waals surface area contributed by atoms with Crippen molar-refractivity contribution in [1.82, 2.24) is 0 Å². The Morgan fingerprint density at radius 2 is 1.10 bits per heavy atom. The average molecular weight is 328 g/mol. The molecule has 0 aliphatic heterocycles. The maximum atomic E-state index is 12.6. The minimum Gasteiger partial charge on any atom is -0.477 e. The van der Waals surface area contributed by atoms with Gasteiger partial charge in [-0.25, -0.2) is 4.79 Å². The van der Waals surface area contributed by atoms with Crippen LogP contribution in [0.3, 0.4) is 0 Å². The molecule has 2 nitrogen and oxygen atoms in total. The fourth-order valence-corrected chi connectivity index (χ4v) is 0.924. The standard InChI is InChI=1S/C7H3F11O2/c8-3(9,1-4(10,11)12)6(15,16)7(17,18)5(13,14)2(19)20/h1H2,(H,19,20). The highest BCUT2D eigenvalue weighted by Gasteiger charge is 2.83. The highest BCUT2D eigenvalue weighted by molar-refractivity contribution is 5.77. The van der Waals surface area contributed by atoms with Crippen LogP contribution in [0.4, 0.5) is 48.3 Å². The molecule has 0 heterocycles. The average Bonchev–Trinajstić information content (AvgIpc) is 2.12. The van der Waals surface area contributed by atoms with Crippen LogP contribution >= 0.6 is 0 Å². The van der Waals surface area contributed by atoms with Gasteiger partial charge in [0.15, 0.2) is 0 Å². The molecule has 0 spiro atoms. The number of halogens is 11. The predicted molar refractivity (Wildman–Crippen MR) is 38.1 cm³/mol. The smallest absolute Gasteiger partial charge is 0.410 e. The van der Waals surface area contributed by atoms with Crippen molar-refractivity contribution < 1.29 is 58.2 Å². The molecule has 0 fully saturated rings. The largest absolute Gasteiger partial charge is 0.477 e. The van der Waals surface area contributed by atoms with Crippen LogP contribution in [-0.4, -0.2) is 40.9 Å². The lowest BCUT2D eigenvalue weighted by atomic mass is 9.96. The minimum atomic E-state index is -7.25. The van der Waals surface area contributed by atoms with Crippen molar-refractivity contribution in [1.29, 1.82) is 0 Å². The molecule has 0 unspecified atom stereocenters. The van der Waals surface area contributed by atoms with E-state index in [0.29, 0.717) is 0 Å². The molecule has 0 atom stereocenters. The van der Waals surface area contributed by atoms with Crippen molar-refractivity contribution in [3.05, 3.63) is 0 Å². The van der Waals surface area contributed by atoms with Crippen LogP contribution in [0.25, 0.3) is 0 Å². The van der Waals surface area contributed by atoms with Crippen molar-refractivity contribution >= 4 is 5.97 Å². The highest BCUT2D eigenvalue weighted by Crippen LogP contribution is 2.55. The van der Waals surface area contributed by atoms with Crippen LogP contribution < -0.4 is 0 Å². The molecule has 0 aliphatic carbocycles. The molecule has 0 saturated carbocycles. The summed E-state index contributed by atoms with van der Waals surface area (Å²) in [5.41, 5.74) is 0. The zero-order chi connectivity index (χ0) is 16.8. The van der Waals surface area contributed by atoms with Gasteiger partial charge in [0, 0.05) is 0 Å². The van der Waals surface area contributed by atoms with Gasteiger partial charge >= 0.3 is 35.8 Å². The molecule has 0 aromatic heterocycles. The molecule has 0 amide bonds. The fraction of sp³-hybridized carbons (Fsp3) is 0.857. The summed E-state index contributed by atoms with van der Waals surface area (Å²) in [4.78, 5) is 9.70. The van der Waals surface area contributed by atoms with E-state index in [1.165, 1.54) is 0 Å². The normalized spacial score (nSPS) is 15.3. The predicted octanol–water partition coefficient (Wildman–Crippen LogP) is 3.56. The first kappa shape index (κ1) is 18.7. The van der Waals surface area contributed by atoms with Crippen LogP contribution in [0.1, 0.15) is 6.42 Å². The number of carboxylic acids is 1. The Kier molecular flexibility index (Phi) is 4.32. The van der Waals surface area contributed by atoms with E-state index in [1.807, 2.05) is 0 Å². The topological polar surface area (TPSA) is 37.3 Å². The third-order valence-corrected chi connectivity index (χ3v) is 1.94. The third-order valence-electron chi connectivity index (χ3n) is 1.94. The summed E-state index contributed by atoms with van der Waals surface area (Å²) in [6, 6.07) is 0. The van der Waals surface area contributed by atoms with Crippen LogP contribution in [0.5, 0.6) is 0 Å². The molecule has 1 N–H and O–H groups in total. The van der Waals surface area contributed by atoms with E-state index >= 15 is 0 Å². The summed E-state index contributed by atoms with van der Waals surface area (Å²) in [5, 5.41) is 7.61. The molecule has 0 bridgehead atoms. The van der Waals surface area contributed by atoms with E-state index in [9.17, 15) is 53.1 Å². The van der Waals surface area contributed by atoms with Crippen molar-refractivity contribution in [2.75, 3.05) is 0 Å². The number of carboxylic acid groups (broad SMARTS) is 1. The summed E-state index contributed by atoms with van der Waals surface area (Å²) in [6.07, 6.45) is -9.92. The first-order valence-corrected chi connectivity index (χ1v) is 4.21. The maximum absolute atomic E-state index is 12.6. The Labute approximate surface area is 102 Å². The van der Waals surface area contributed by atoms with Gasteiger partial charge in [0.1, 0.15) is 6.42 Å². The van der Waals surface area contributed by atoms with Gasteiger partial charge in [0.2, 0.25) is 0 Å². The highest BCUT2D eigenvalue weighted by atomic mass is 19.4. The number of carbonyl (C=O) groups is 1. The van der Waals surface area contributed by atoms with E-state index in [0.717, 1.165) is 0 Å². The van der Waals surface area contributed by atoms with E-state index in [-0.39, 0.29) is 0 Å². The summed E-state index contributed by atoms with van der Waals surface area (Å²) in [7, 11) is 0. The van der Waals surface area contributed by atoms with Gasteiger partial charge < -0.3 is 5.11 Å². The molecule has 0 rings (SSSR count). The van der Waals surface area contributed by atoms with Crippen molar-refractivity contribution in [2.45, 2.75) is 36.3 Å². The molecular weight excluding hydrogens is 325 g/mol. The lowest BCUT2D eigenvalue weighted by molar-refractivity contribution is -0.371. The first-order valence-electron chi connectivity index (χ1n) is 4.21. The number of hydrogen-bond donors (Lipinski definition) is 1. The van der Waals surface area contributed by atoms with Crippen LogP contribution in [-0.2, 0) is 4.79 Å². The molecule has 0 radical (unpaired) electrons. The zero-order valence-electron chi connectivity index (χ0n) is 8.72. The monoisotopic (exact) mass is 328 g/mol. The van der Waals surface area contributed by atoms with Crippen LogP contribution in [0.15, 0.2) is 0 Å². The Bertz CT molecular complexity index is 383. The summed E-state index contributed by atoms with van der Waals surface area (Å²) >= 11 is 0. The van der Waals surface area contributed by atoms with E-state index in [2.05, 4.69) is 0 Å². The summed E-state index contributed by atoms with van der Waals surface area (Å²) in [6.45, 7) is 0. The van der Waals surface area contributed by atoms with Crippen LogP contribution in [0, 0.1) is 0 Å². The van der Waals surface area contributed by atoms with Crippen molar-refractivity contribution in [3.63, 3.8) is 0 Å². The van der Waals surface area contributed by atoms with Gasteiger partial charge in [-0.1, -0.05) is 0 Å². The molecular formula is C7H3F11O2. The minimum absolute atomic E-state index is 3.84. The van der Waals surface area contributed by atoms with Gasteiger partial charge in [-0.2, -0.15) is 48.3 Å². The zero-order valence-corrected chi connectivity index (χ0v) is 8.72. The second-order valence-electron chi connectivity index (χ2n) is 3.52. The number of aliphatic carboxylic acids is 1. The molecule has 0 aliphatic rings. The molecule has 0 aromatic rings. The van der Waals surface area contributed by atoms with Gasteiger partial charge in [0.05, 0.1) is 0 Å². The van der Waals surface area contributed by atoms with Gasteiger partial charge in [-0.3, -0.25) is 0 Å². The quantitative estimate of drug-likeness (QED) is 0.784. The number of hydrogen-bond acceptors (Lipinski definition) is 1. The van der Waals surface area contributed by atoms with E-state index in [1.54, 1.807) is 0 Å². The summed E-state index contributed by atoms with van der Waals surface area (Å²) in [5.74, 6) is -31.7. The Morgan fingerprint density at radius 3 is 1.35 bits per heavy atom. The summed E-state index contributed by atoms with van der Waals surface area (Å²) < 4.78 is 135. The SMILES string of the molecule is O=C(O)C(F)(F)C(F)(F)C(F)(F)C(F)(F)CC(F)(F)F. The lowest BCUT2D eigenvalue weighted by Crippen LogP contribution is -2.65. The number of rotatable bonds is 5. The fourth-order valence-electron chi connectivity index (χ4n) is 0.924. The second-order valence-corrected chi connectivity index (χ2v) is 3.52. The third kappa shape index (κ3) is 2.90. The molecule has 13 heteroatoms. The second kappa shape index (κ2) is 4.62. The first-order chi connectivity index (χ1) is 8.40. The van der Waals surface area contributed by atoms with E-state index in [4.69, 9.17) is 5.11 Å². The lowest BCUT2D eigenvalue weighted by Gasteiger charge is -2.35. The molecule has 20 heavy (non-hydrogen) atoms. The molecule has 120 valence electrons. The molecule has 0 aromatic carbocycles. The maximum Gasteiger partial charge on any atom is 0.410 e. The Morgan fingerprint density at radius 1 is 0.750 bits per heavy atom. The molecule has 0 saturated heterocycles. The van der Waals surface area contributed by atoms with Gasteiger partial charge in [-0.15, -0.1) is 0 Å². The van der Waals surface area contributed by atoms with Crippen molar-refractivity contribution in [2.24, 2.45) is 0 Å². The van der Waals surface area contributed by atoms with Crippen LogP contribution in [0.2, 0.25) is 0 Å². The Hall–Kier alpha value is -1.30. The number of alkyl halides is 11. The van der Waals surface area contributed by atoms with Gasteiger partial charge in [0.25, 0.3) is 0 Å². The van der Waals surface area contributed by atoms with Gasteiger partial charge in [-0.05, 0) is 0 Å². The Balaban J connectivity index is 5.78.